The van der Waals surface area contributed by atoms with Crippen LogP contribution in [0.15, 0.2) is 10.9 Å². The van der Waals surface area contributed by atoms with Crippen molar-refractivity contribution in [1.29, 1.82) is 0 Å². The molecular weight excluding hydrogens is 226 g/mol. The number of hydrogen-bond donors (Lipinski definition) is 2. The van der Waals surface area contributed by atoms with Crippen LogP contribution >= 0.6 is 0 Å². The molecule has 1 aromatic heterocycles. The van der Waals surface area contributed by atoms with Crippen LogP contribution in [0, 0.1) is 5.41 Å². The van der Waals surface area contributed by atoms with Gasteiger partial charge in [0.2, 0.25) is 0 Å². The SMILES string of the molecule is CCc1nc(NCC2(C)CCCCC2)cc(=O)[nH]1. The van der Waals surface area contributed by atoms with E-state index in [1.165, 1.54) is 32.1 Å². The molecule has 0 aliphatic heterocycles. The van der Waals surface area contributed by atoms with Crippen LogP contribution in [-0.4, -0.2) is 16.5 Å². The summed E-state index contributed by atoms with van der Waals surface area (Å²) in [5.74, 6) is 1.46. The molecule has 1 aliphatic carbocycles. The Labute approximate surface area is 108 Å². The van der Waals surface area contributed by atoms with E-state index in [0.717, 1.165) is 18.8 Å². The molecule has 4 heteroatoms. The maximum absolute atomic E-state index is 11.5. The number of aromatic nitrogens is 2. The Bertz CT molecular complexity index is 447. The number of H-pyrrole nitrogens is 1. The van der Waals surface area contributed by atoms with E-state index in [0.29, 0.717) is 11.2 Å². The van der Waals surface area contributed by atoms with E-state index in [9.17, 15) is 4.79 Å². The molecule has 0 unspecified atom stereocenters. The largest absolute Gasteiger partial charge is 0.369 e. The van der Waals surface area contributed by atoms with E-state index in [4.69, 9.17) is 0 Å². The number of aromatic amines is 1. The highest BCUT2D eigenvalue weighted by Gasteiger charge is 2.26. The van der Waals surface area contributed by atoms with Crippen LogP contribution < -0.4 is 10.9 Å². The van der Waals surface area contributed by atoms with Crippen molar-refractivity contribution in [2.45, 2.75) is 52.4 Å². The van der Waals surface area contributed by atoms with Crippen molar-refractivity contribution in [2.75, 3.05) is 11.9 Å². The quantitative estimate of drug-likeness (QED) is 0.862. The van der Waals surface area contributed by atoms with E-state index in [1.54, 1.807) is 6.07 Å². The molecule has 0 spiro atoms. The molecule has 1 aliphatic rings. The van der Waals surface area contributed by atoms with Crippen molar-refractivity contribution >= 4 is 5.82 Å². The molecule has 0 amide bonds. The third-order valence-electron chi connectivity index (χ3n) is 3.88. The summed E-state index contributed by atoms with van der Waals surface area (Å²) < 4.78 is 0. The van der Waals surface area contributed by atoms with Gasteiger partial charge < -0.3 is 10.3 Å². The second kappa shape index (κ2) is 5.55. The maximum Gasteiger partial charge on any atom is 0.252 e. The van der Waals surface area contributed by atoms with Crippen molar-refractivity contribution < 1.29 is 0 Å². The third kappa shape index (κ3) is 3.34. The third-order valence-corrected chi connectivity index (χ3v) is 3.88. The van der Waals surface area contributed by atoms with E-state index in [1.807, 2.05) is 6.92 Å². The van der Waals surface area contributed by atoms with Crippen LogP contribution in [0.5, 0.6) is 0 Å². The predicted octanol–water partition coefficient (Wildman–Crippen LogP) is 2.71. The van der Waals surface area contributed by atoms with E-state index in [-0.39, 0.29) is 5.56 Å². The summed E-state index contributed by atoms with van der Waals surface area (Å²) in [5, 5.41) is 3.34. The van der Waals surface area contributed by atoms with Crippen molar-refractivity contribution in [3.05, 3.63) is 22.2 Å². The number of rotatable bonds is 4. The van der Waals surface area contributed by atoms with E-state index < -0.39 is 0 Å². The minimum absolute atomic E-state index is 0.0712. The molecule has 4 nitrogen and oxygen atoms in total. The molecule has 0 radical (unpaired) electrons. The zero-order valence-electron chi connectivity index (χ0n) is 11.4. The van der Waals surface area contributed by atoms with Gasteiger partial charge in [-0.05, 0) is 18.3 Å². The minimum Gasteiger partial charge on any atom is -0.369 e. The fraction of sp³-hybridized carbons (Fsp3) is 0.714. The highest BCUT2D eigenvalue weighted by Crippen LogP contribution is 2.35. The molecule has 2 N–H and O–H groups in total. The van der Waals surface area contributed by atoms with Gasteiger partial charge in [-0.1, -0.05) is 33.1 Å². The van der Waals surface area contributed by atoms with Gasteiger partial charge in [-0.25, -0.2) is 4.98 Å². The zero-order chi connectivity index (χ0) is 13.0. The number of anilines is 1. The van der Waals surface area contributed by atoms with E-state index in [2.05, 4.69) is 22.2 Å². The van der Waals surface area contributed by atoms with Gasteiger partial charge in [0.1, 0.15) is 11.6 Å². The minimum atomic E-state index is -0.0712. The fourth-order valence-corrected chi connectivity index (χ4v) is 2.65. The topological polar surface area (TPSA) is 57.8 Å². The molecule has 0 atom stereocenters. The molecule has 1 fully saturated rings. The molecule has 0 saturated heterocycles. The smallest absolute Gasteiger partial charge is 0.252 e. The standard InChI is InChI=1S/C14H23N3O/c1-3-11-16-12(9-13(18)17-11)15-10-14(2)7-5-4-6-8-14/h9H,3-8,10H2,1-2H3,(H2,15,16,17,18). The fourth-order valence-electron chi connectivity index (χ4n) is 2.65. The highest BCUT2D eigenvalue weighted by molar-refractivity contribution is 5.33. The van der Waals surface area contributed by atoms with Crippen LogP contribution in [0.2, 0.25) is 0 Å². The van der Waals surface area contributed by atoms with Gasteiger partial charge in [0, 0.05) is 19.0 Å². The van der Waals surface area contributed by atoms with Gasteiger partial charge in [0.25, 0.3) is 5.56 Å². The van der Waals surface area contributed by atoms with E-state index >= 15 is 0 Å². The Kier molecular flexibility index (Phi) is 4.04. The molecule has 1 saturated carbocycles. The van der Waals surface area contributed by atoms with Gasteiger partial charge >= 0.3 is 0 Å². The molecular formula is C14H23N3O. The summed E-state index contributed by atoms with van der Waals surface area (Å²) in [6.45, 7) is 5.23. The summed E-state index contributed by atoms with van der Waals surface area (Å²) in [7, 11) is 0. The molecule has 0 aromatic carbocycles. The lowest BCUT2D eigenvalue weighted by molar-refractivity contribution is 0.233. The molecule has 18 heavy (non-hydrogen) atoms. The molecule has 1 aromatic rings. The van der Waals surface area contributed by atoms with Crippen LogP contribution in [0.25, 0.3) is 0 Å². The molecule has 1 heterocycles. The first kappa shape index (κ1) is 13.1. The average molecular weight is 249 g/mol. The predicted molar refractivity (Wildman–Crippen MR) is 73.9 cm³/mol. The Morgan fingerprint density at radius 2 is 2.11 bits per heavy atom. The second-order valence-corrected chi connectivity index (χ2v) is 5.66. The Morgan fingerprint density at radius 3 is 2.78 bits per heavy atom. The average Bonchev–Trinajstić information content (AvgIpc) is 2.37. The van der Waals surface area contributed by atoms with Gasteiger partial charge in [0.15, 0.2) is 0 Å². The lowest BCUT2D eigenvalue weighted by Gasteiger charge is -2.33. The Balaban J connectivity index is 2.01. The first-order valence-corrected chi connectivity index (χ1v) is 6.95. The number of nitrogens with one attached hydrogen (secondary N) is 2. The monoisotopic (exact) mass is 249 g/mol. The van der Waals surface area contributed by atoms with Gasteiger partial charge in [-0.15, -0.1) is 0 Å². The Morgan fingerprint density at radius 1 is 1.39 bits per heavy atom. The summed E-state index contributed by atoms with van der Waals surface area (Å²) in [6.07, 6.45) is 7.29. The molecule has 0 bridgehead atoms. The lowest BCUT2D eigenvalue weighted by Crippen LogP contribution is -2.29. The number of hydrogen-bond acceptors (Lipinski definition) is 3. The maximum atomic E-state index is 11.5. The first-order chi connectivity index (χ1) is 8.61. The molecule has 100 valence electrons. The lowest BCUT2D eigenvalue weighted by atomic mass is 9.76. The summed E-state index contributed by atoms with van der Waals surface area (Å²) in [5.41, 5.74) is 0.285. The normalized spacial score (nSPS) is 18.6. The van der Waals surface area contributed by atoms with Crippen molar-refractivity contribution in [1.82, 2.24) is 9.97 Å². The van der Waals surface area contributed by atoms with Crippen LogP contribution in [0.1, 0.15) is 51.8 Å². The number of aryl methyl sites for hydroxylation is 1. The molecule has 2 rings (SSSR count). The van der Waals surface area contributed by atoms with Crippen molar-refractivity contribution in [3.63, 3.8) is 0 Å². The van der Waals surface area contributed by atoms with Crippen molar-refractivity contribution in [2.24, 2.45) is 5.41 Å². The van der Waals surface area contributed by atoms with Crippen LogP contribution in [-0.2, 0) is 6.42 Å². The van der Waals surface area contributed by atoms with Gasteiger partial charge in [0.05, 0.1) is 0 Å². The number of nitrogens with zero attached hydrogens (tertiary/aromatic N) is 1. The first-order valence-electron chi connectivity index (χ1n) is 6.95. The Hall–Kier alpha value is -1.32. The summed E-state index contributed by atoms with van der Waals surface area (Å²) in [4.78, 5) is 18.6. The van der Waals surface area contributed by atoms with Gasteiger partial charge in [-0.2, -0.15) is 0 Å². The summed E-state index contributed by atoms with van der Waals surface area (Å²) >= 11 is 0. The van der Waals surface area contributed by atoms with Crippen LogP contribution in [0.4, 0.5) is 5.82 Å². The van der Waals surface area contributed by atoms with Gasteiger partial charge in [-0.3, -0.25) is 4.79 Å². The second-order valence-electron chi connectivity index (χ2n) is 5.66. The van der Waals surface area contributed by atoms with Crippen LogP contribution in [0.3, 0.4) is 0 Å². The summed E-state index contributed by atoms with van der Waals surface area (Å²) in [6, 6.07) is 1.55. The van der Waals surface area contributed by atoms with Crippen molar-refractivity contribution in [3.8, 4) is 0 Å². The zero-order valence-corrected chi connectivity index (χ0v) is 11.4. The highest BCUT2D eigenvalue weighted by atomic mass is 16.1.